The zero-order chi connectivity index (χ0) is 16.9. The Morgan fingerprint density at radius 3 is 2.00 bits per heavy atom. The fourth-order valence-electron chi connectivity index (χ4n) is 3.70. The van der Waals surface area contributed by atoms with Gasteiger partial charge in [-0.1, -0.05) is 60.7 Å². The number of hydrogen-bond acceptors (Lipinski definition) is 2. The van der Waals surface area contributed by atoms with Crippen LogP contribution in [-0.2, 0) is 9.53 Å². The Balaban J connectivity index is 1.85. The highest BCUT2D eigenvalue weighted by Gasteiger charge is 2.37. The van der Waals surface area contributed by atoms with Crippen molar-refractivity contribution < 1.29 is 14.4 Å². The van der Waals surface area contributed by atoms with Crippen molar-refractivity contribution in [2.75, 3.05) is 14.1 Å². The molecule has 0 aromatic heterocycles. The average Bonchev–Trinajstić information content (AvgIpc) is 3.05. The molecule has 126 valence electrons. The van der Waals surface area contributed by atoms with Gasteiger partial charge in [0.1, 0.15) is 12.0 Å². The van der Waals surface area contributed by atoms with Crippen LogP contribution in [-0.4, -0.2) is 32.2 Å². The van der Waals surface area contributed by atoms with Crippen molar-refractivity contribution in [2.24, 2.45) is 0 Å². The van der Waals surface area contributed by atoms with E-state index in [0.717, 1.165) is 30.4 Å². The first kappa shape index (κ1) is 16.7. The maximum Gasteiger partial charge on any atom is 0.318 e. The lowest BCUT2D eigenvalue weighted by molar-refractivity contribution is -0.888. The summed E-state index contributed by atoms with van der Waals surface area (Å²) >= 11 is 0. The topological polar surface area (TPSA) is 30.7 Å². The minimum Gasteiger partial charge on any atom is -0.455 e. The smallest absolute Gasteiger partial charge is 0.318 e. The van der Waals surface area contributed by atoms with Gasteiger partial charge in [-0.15, -0.1) is 0 Å². The van der Waals surface area contributed by atoms with Crippen molar-refractivity contribution in [1.82, 2.24) is 0 Å². The quantitative estimate of drug-likeness (QED) is 0.857. The Hall–Kier alpha value is -2.13. The summed E-state index contributed by atoms with van der Waals surface area (Å²) in [5, 5.41) is 0. The van der Waals surface area contributed by atoms with E-state index >= 15 is 0 Å². The van der Waals surface area contributed by atoms with E-state index in [1.165, 1.54) is 4.90 Å². The maximum atomic E-state index is 13.0. The van der Waals surface area contributed by atoms with Gasteiger partial charge in [0.2, 0.25) is 0 Å². The van der Waals surface area contributed by atoms with E-state index in [0.29, 0.717) is 6.04 Å². The van der Waals surface area contributed by atoms with E-state index in [4.69, 9.17) is 4.74 Å². The Bertz CT molecular complexity index is 615. The monoisotopic (exact) mass is 324 g/mol. The standard InChI is InChI=1S/C21H25NO2/c1-22(2)18-14-9-15-19(18)24-21(23)20(16-10-5-3-6-11-16)17-12-7-4-8-13-17/h3-8,10-13,18-20H,9,14-15H2,1-2H3/p+1/t18-,19+/m0/s1. The minimum atomic E-state index is -0.356. The molecule has 0 radical (unpaired) electrons. The molecular formula is C21H26NO2+. The third kappa shape index (κ3) is 3.68. The highest BCUT2D eigenvalue weighted by molar-refractivity contribution is 5.82. The van der Waals surface area contributed by atoms with Crippen LogP contribution in [0.3, 0.4) is 0 Å². The number of likely N-dealkylation sites (N-methyl/N-ethyl adjacent to an activating group) is 1. The SMILES string of the molecule is C[NH+](C)[C@H]1CCC[C@H]1OC(=O)C(c1ccccc1)c1ccccc1. The minimum absolute atomic E-state index is 0.0254. The fourth-order valence-corrected chi connectivity index (χ4v) is 3.70. The third-order valence-electron chi connectivity index (χ3n) is 4.96. The first-order chi connectivity index (χ1) is 11.7. The lowest BCUT2D eigenvalue weighted by atomic mass is 9.91. The summed E-state index contributed by atoms with van der Waals surface area (Å²) in [6, 6.07) is 20.2. The second-order valence-electron chi connectivity index (χ2n) is 6.84. The molecule has 2 atom stereocenters. The number of esters is 1. The summed E-state index contributed by atoms with van der Waals surface area (Å²) < 4.78 is 6.00. The predicted molar refractivity (Wildman–Crippen MR) is 95.1 cm³/mol. The zero-order valence-electron chi connectivity index (χ0n) is 14.4. The van der Waals surface area contributed by atoms with Crippen LogP contribution in [0.25, 0.3) is 0 Å². The lowest BCUT2D eigenvalue weighted by Gasteiger charge is -2.25. The molecule has 24 heavy (non-hydrogen) atoms. The summed E-state index contributed by atoms with van der Waals surface area (Å²) in [6.45, 7) is 0. The predicted octanol–water partition coefficient (Wildman–Crippen LogP) is 2.43. The molecule has 0 spiro atoms. The molecule has 1 fully saturated rings. The summed E-state index contributed by atoms with van der Waals surface area (Å²) in [5.74, 6) is -0.489. The lowest BCUT2D eigenvalue weighted by Crippen LogP contribution is -3.11. The van der Waals surface area contributed by atoms with Crippen molar-refractivity contribution in [1.29, 1.82) is 0 Å². The van der Waals surface area contributed by atoms with Crippen LogP contribution < -0.4 is 4.90 Å². The molecule has 2 aromatic carbocycles. The molecule has 1 saturated carbocycles. The van der Waals surface area contributed by atoms with Gasteiger partial charge in [0.25, 0.3) is 0 Å². The molecule has 1 aliphatic carbocycles. The highest BCUT2D eigenvalue weighted by atomic mass is 16.5. The van der Waals surface area contributed by atoms with E-state index in [-0.39, 0.29) is 18.0 Å². The van der Waals surface area contributed by atoms with E-state index in [1.807, 2.05) is 60.7 Å². The van der Waals surface area contributed by atoms with Crippen LogP contribution >= 0.6 is 0 Å². The fraction of sp³-hybridized carbons (Fsp3) is 0.381. The second kappa shape index (κ2) is 7.63. The zero-order valence-corrected chi connectivity index (χ0v) is 14.4. The van der Waals surface area contributed by atoms with Crippen LogP contribution in [0.15, 0.2) is 60.7 Å². The molecule has 0 aliphatic heterocycles. The third-order valence-corrected chi connectivity index (χ3v) is 4.96. The number of quaternary nitrogens is 1. The van der Waals surface area contributed by atoms with Gasteiger partial charge in [-0.3, -0.25) is 4.79 Å². The molecular weight excluding hydrogens is 298 g/mol. The Morgan fingerprint density at radius 1 is 0.958 bits per heavy atom. The average molecular weight is 324 g/mol. The molecule has 3 rings (SSSR count). The van der Waals surface area contributed by atoms with E-state index in [2.05, 4.69) is 14.1 Å². The van der Waals surface area contributed by atoms with Crippen LogP contribution in [0.4, 0.5) is 0 Å². The van der Waals surface area contributed by atoms with Crippen LogP contribution in [0, 0.1) is 0 Å². The van der Waals surface area contributed by atoms with Gasteiger partial charge in [0.15, 0.2) is 6.10 Å². The van der Waals surface area contributed by atoms with Gasteiger partial charge in [-0.05, 0) is 24.0 Å². The van der Waals surface area contributed by atoms with E-state index in [9.17, 15) is 4.79 Å². The molecule has 0 bridgehead atoms. The van der Waals surface area contributed by atoms with Crippen molar-refractivity contribution in [2.45, 2.75) is 37.3 Å². The molecule has 0 unspecified atom stereocenters. The summed E-state index contributed by atoms with van der Waals surface area (Å²) in [4.78, 5) is 14.4. The largest absolute Gasteiger partial charge is 0.455 e. The van der Waals surface area contributed by atoms with Gasteiger partial charge in [-0.25, -0.2) is 0 Å². The number of carbonyl (C=O) groups is 1. The Kier molecular flexibility index (Phi) is 5.31. The molecule has 0 saturated heterocycles. The van der Waals surface area contributed by atoms with Crippen LogP contribution in [0.5, 0.6) is 0 Å². The van der Waals surface area contributed by atoms with Gasteiger partial charge < -0.3 is 9.64 Å². The Labute approximate surface area is 144 Å². The van der Waals surface area contributed by atoms with Crippen LogP contribution in [0.2, 0.25) is 0 Å². The van der Waals surface area contributed by atoms with Crippen molar-refractivity contribution in [3.8, 4) is 0 Å². The number of ether oxygens (including phenoxy) is 1. The molecule has 0 heterocycles. The van der Waals surface area contributed by atoms with Crippen molar-refractivity contribution in [3.05, 3.63) is 71.8 Å². The van der Waals surface area contributed by atoms with Crippen molar-refractivity contribution in [3.63, 3.8) is 0 Å². The summed E-state index contributed by atoms with van der Waals surface area (Å²) in [5.41, 5.74) is 1.97. The maximum absolute atomic E-state index is 13.0. The van der Waals surface area contributed by atoms with E-state index < -0.39 is 0 Å². The molecule has 3 nitrogen and oxygen atoms in total. The van der Waals surface area contributed by atoms with Crippen molar-refractivity contribution >= 4 is 5.97 Å². The van der Waals surface area contributed by atoms with Gasteiger partial charge >= 0.3 is 5.97 Å². The van der Waals surface area contributed by atoms with Gasteiger partial charge in [0.05, 0.1) is 14.1 Å². The van der Waals surface area contributed by atoms with Gasteiger partial charge in [0, 0.05) is 6.42 Å². The summed E-state index contributed by atoms with van der Waals surface area (Å²) in [7, 11) is 4.28. The highest BCUT2D eigenvalue weighted by Crippen LogP contribution is 2.29. The Morgan fingerprint density at radius 2 is 1.50 bits per heavy atom. The number of hydrogen-bond donors (Lipinski definition) is 1. The first-order valence-electron chi connectivity index (χ1n) is 8.77. The second-order valence-corrected chi connectivity index (χ2v) is 6.84. The van der Waals surface area contributed by atoms with Gasteiger partial charge in [-0.2, -0.15) is 0 Å². The molecule has 1 N–H and O–H groups in total. The number of nitrogens with one attached hydrogen (secondary N) is 1. The molecule has 3 heteroatoms. The normalized spacial score (nSPS) is 20.5. The summed E-state index contributed by atoms with van der Waals surface area (Å²) in [6.07, 6.45) is 3.26. The number of benzene rings is 2. The number of rotatable bonds is 5. The molecule has 1 aliphatic rings. The first-order valence-corrected chi connectivity index (χ1v) is 8.77. The molecule has 2 aromatic rings. The molecule has 0 amide bonds. The number of carbonyl (C=O) groups excluding carboxylic acids is 1. The van der Waals surface area contributed by atoms with Crippen LogP contribution in [0.1, 0.15) is 36.3 Å². The van der Waals surface area contributed by atoms with E-state index in [1.54, 1.807) is 0 Å².